The molecule has 0 saturated carbocycles. The van der Waals surface area contributed by atoms with Gasteiger partial charge in [-0.1, -0.05) is 41.9 Å². The number of para-hydroxylation sites is 3. The third-order valence-electron chi connectivity index (χ3n) is 5.52. The molecule has 4 rings (SSSR count). The lowest BCUT2D eigenvalue weighted by Crippen LogP contribution is -2.46. The zero-order valence-corrected chi connectivity index (χ0v) is 18.1. The van der Waals surface area contributed by atoms with Crippen molar-refractivity contribution in [3.63, 3.8) is 0 Å². The summed E-state index contributed by atoms with van der Waals surface area (Å²) in [4.78, 5) is 9.23. The SMILES string of the molecule is COc1ccccc1-c1cnc(Cl)c(CN2CCN(c3ccccc3OC)CC2)c1. The van der Waals surface area contributed by atoms with E-state index in [0.717, 1.165) is 66.6 Å². The molecule has 1 fully saturated rings. The van der Waals surface area contributed by atoms with Crippen molar-refractivity contribution in [3.05, 3.63) is 71.5 Å². The average Bonchev–Trinajstić information content (AvgIpc) is 2.81. The molecular formula is C24H26ClN3O2. The van der Waals surface area contributed by atoms with E-state index in [1.165, 1.54) is 0 Å². The number of ether oxygens (including phenoxy) is 2. The molecule has 0 radical (unpaired) electrons. The Bertz CT molecular complexity index is 1000. The first kappa shape index (κ1) is 20.5. The van der Waals surface area contributed by atoms with Gasteiger partial charge in [0.1, 0.15) is 16.7 Å². The molecule has 1 aromatic heterocycles. The summed E-state index contributed by atoms with van der Waals surface area (Å²) in [6.45, 7) is 4.56. The van der Waals surface area contributed by atoms with Crippen LogP contribution in [-0.2, 0) is 6.54 Å². The molecule has 1 aliphatic rings. The Morgan fingerprint density at radius 3 is 2.30 bits per heavy atom. The lowest BCUT2D eigenvalue weighted by atomic mass is 10.0. The molecule has 2 heterocycles. The number of piperazine rings is 1. The predicted molar refractivity (Wildman–Crippen MR) is 122 cm³/mol. The first-order valence-electron chi connectivity index (χ1n) is 10.1. The molecule has 0 N–H and O–H groups in total. The Hall–Kier alpha value is -2.76. The number of rotatable bonds is 6. The Morgan fingerprint density at radius 1 is 0.900 bits per heavy atom. The maximum Gasteiger partial charge on any atom is 0.142 e. The molecular weight excluding hydrogens is 398 g/mol. The number of methoxy groups -OCH3 is 2. The van der Waals surface area contributed by atoms with Gasteiger partial charge in [0, 0.05) is 55.6 Å². The number of hydrogen-bond acceptors (Lipinski definition) is 5. The minimum Gasteiger partial charge on any atom is -0.496 e. The van der Waals surface area contributed by atoms with E-state index in [4.69, 9.17) is 21.1 Å². The van der Waals surface area contributed by atoms with E-state index in [0.29, 0.717) is 5.15 Å². The van der Waals surface area contributed by atoms with Crippen molar-refractivity contribution < 1.29 is 9.47 Å². The maximum atomic E-state index is 6.44. The van der Waals surface area contributed by atoms with Crippen LogP contribution in [0.5, 0.6) is 11.5 Å². The van der Waals surface area contributed by atoms with Gasteiger partial charge < -0.3 is 14.4 Å². The quantitative estimate of drug-likeness (QED) is 0.535. The molecule has 0 atom stereocenters. The molecule has 1 saturated heterocycles. The second-order valence-corrected chi connectivity index (χ2v) is 7.67. The standard InChI is InChI=1S/C24H26ClN3O2/c1-29-22-9-5-3-7-20(22)18-15-19(24(25)26-16-18)17-27-11-13-28(14-12-27)21-8-4-6-10-23(21)30-2/h3-10,15-16H,11-14,17H2,1-2H3. The molecule has 1 aliphatic heterocycles. The molecule has 0 aliphatic carbocycles. The summed E-state index contributed by atoms with van der Waals surface area (Å²) in [5.41, 5.74) is 4.22. The molecule has 0 unspecified atom stereocenters. The Morgan fingerprint density at radius 2 is 1.57 bits per heavy atom. The van der Waals surface area contributed by atoms with Gasteiger partial charge in [-0.2, -0.15) is 0 Å². The van der Waals surface area contributed by atoms with Crippen molar-refractivity contribution in [2.45, 2.75) is 6.54 Å². The van der Waals surface area contributed by atoms with Crippen LogP contribution >= 0.6 is 11.6 Å². The molecule has 156 valence electrons. The van der Waals surface area contributed by atoms with Crippen LogP contribution in [-0.4, -0.2) is 50.3 Å². The summed E-state index contributed by atoms with van der Waals surface area (Å²) < 4.78 is 11.0. The van der Waals surface area contributed by atoms with E-state index >= 15 is 0 Å². The van der Waals surface area contributed by atoms with Gasteiger partial charge in [0.2, 0.25) is 0 Å². The van der Waals surface area contributed by atoms with Gasteiger partial charge in [0.15, 0.2) is 0 Å². The number of halogens is 1. The Labute approximate surface area is 182 Å². The van der Waals surface area contributed by atoms with Crippen molar-refractivity contribution in [2.24, 2.45) is 0 Å². The maximum absolute atomic E-state index is 6.44. The number of aromatic nitrogens is 1. The van der Waals surface area contributed by atoms with Crippen LogP contribution in [0, 0.1) is 0 Å². The topological polar surface area (TPSA) is 37.8 Å². The number of hydrogen-bond donors (Lipinski definition) is 0. The molecule has 3 aromatic rings. The van der Waals surface area contributed by atoms with Gasteiger partial charge in [-0.25, -0.2) is 4.98 Å². The summed E-state index contributed by atoms with van der Waals surface area (Å²) in [5, 5.41) is 0.556. The molecule has 2 aromatic carbocycles. The van der Waals surface area contributed by atoms with Crippen LogP contribution in [0.15, 0.2) is 60.8 Å². The molecule has 0 bridgehead atoms. The minimum absolute atomic E-state index is 0.556. The monoisotopic (exact) mass is 423 g/mol. The highest BCUT2D eigenvalue weighted by molar-refractivity contribution is 6.30. The van der Waals surface area contributed by atoms with Crippen molar-refractivity contribution in [1.29, 1.82) is 0 Å². The highest BCUT2D eigenvalue weighted by Crippen LogP contribution is 2.32. The lowest BCUT2D eigenvalue weighted by Gasteiger charge is -2.36. The van der Waals surface area contributed by atoms with E-state index in [1.54, 1.807) is 14.2 Å². The van der Waals surface area contributed by atoms with Crippen molar-refractivity contribution in [3.8, 4) is 22.6 Å². The fourth-order valence-corrected chi connectivity index (χ4v) is 4.08. The molecule has 30 heavy (non-hydrogen) atoms. The number of anilines is 1. The second kappa shape index (κ2) is 9.37. The zero-order valence-electron chi connectivity index (χ0n) is 17.3. The Kier molecular flexibility index (Phi) is 6.41. The molecule has 6 heteroatoms. The van der Waals surface area contributed by atoms with Crippen LogP contribution in [0.4, 0.5) is 5.69 Å². The van der Waals surface area contributed by atoms with Gasteiger partial charge >= 0.3 is 0 Å². The highest BCUT2D eigenvalue weighted by atomic mass is 35.5. The Balaban J connectivity index is 1.47. The summed E-state index contributed by atoms with van der Waals surface area (Å²) in [6, 6.07) is 18.3. The normalized spacial score (nSPS) is 14.6. The van der Waals surface area contributed by atoms with Crippen LogP contribution in [0.2, 0.25) is 5.15 Å². The fraction of sp³-hybridized carbons (Fsp3) is 0.292. The number of pyridine rings is 1. The third kappa shape index (κ3) is 4.37. The van der Waals surface area contributed by atoms with Crippen molar-refractivity contribution >= 4 is 17.3 Å². The lowest BCUT2D eigenvalue weighted by molar-refractivity contribution is 0.249. The molecule has 0 spiro atoms. The summed E-state index contributed by atoms with van der Waals surface area (Å²) in [5.74, 6) is 1.75. The van der Waals surface area contributed by atoms with Gasteiger partial charge in [-0.05, 0) is 24.3 Å². The van der Waals surface area contributed by atoms with Gasteiger partial charge in [0.25, 0.3) is 0 Å². The first-order valence-corrected chi connectivity index (χ1v) is 10.5. The minimum atomic E-state index is 0.556. The van der Waals surface area contributed by atoms with Gasteiger partial charge in [-0.15, -0.1) is 0 Å². The average molecular weight is 424 g/mol. The summed E-state index contributed by atoms with van der Waals surface area (Å²) in [7, 11) is 3.41. The molecule has 5 nitrogen and oxygen atoms in total. The molecule has 0 amide bonds. The van der Waals surface area contributed by atoms with E-state index in [-0.39, 0.29) is 0 Å². The van der Waals surface area contributed by atoms with Crippen LogP contribution in [0.25, 0.3) is 11.1 Å². The van der Waals surface area contributed by atoms with Crippen LogP contribution < -0.4 is 14.4 Å². The highest BCUT2D eigenvalue weighted by Gasteiger charge is 2.21. The second-order valence-electron chi connectivity index (χ2n) is 7.31. The largest absolute Gasteiger partial charge is 0.496 e. The van der Waals surface area contributed by atoms with Crippen molar-refractivity contribution in [2.75, 3.05) is 45.3 Å². The van der Waals surface area contributed by atoms with Crippen LogP contribution in [0.3, 0.4) is 0 Å². The summed E-state index contributed by atoms with van der Waals surface area (Å²) >= 11 is 6.44. The van der Waals surface area contributed by atoms with Gasteiger partial charge in [-0.3, -0.25) is 4.90 Å². The summed E-state index contributed by atoms with van der Waals surface area (Å²) in [6.07, 6.45) is 1.81. The van der Waals surface area contributed by atoms with E-state index in [9.17, 15) is 0 Å². The first-order chi connectivity index (χ1) is 14.7. The van der Waals surface area contributed by atoms with Gasteiger partial charge in [0.05, 0.1) is 19.9 Å². The van der Waals surface area contributed by atoms with Crippen LogP contribution in [0.1, 0.15) is 5.56 Å². The fourth-order valence-electron chi connectivity index (χ4n) is 3.91. The zero-order chi connectivity index (χ0) is 20.9. The third-order valence-corrected chi connectivity index (χ3v) is 5.86. The number of nitrogens with zero attached hydrogens (tertiary/aromatic N) is 3. The number of benzene rings is 2. The van der Waals surface area contributed by atoms with E-state index in [1.807, 2.05) is 42.6 Å². The smallest absolute Gasteiger partial charge is 0.142 e. The van der Waals surface area contributed by atoms with Crippen molar-refractivity contribution in [1.82, 2.24) is 9.88 Å². The van der Waals surface area contributed by atoms with E-state index in [2.05, 4.69) is 33.0 Å². The predicted octanol–water partition coefficient (Wildman–Crippen LogP) is 4.74. The van der Waals surface area contributed by atoms with E-state index < -0.39 is 0 Å².